The second kappa shape index (κ2) is 5.29. The summed E-state index contributed by atoms with van der Waals surface area (Å²) in [5.74, 6) is 0. The van der Waals surface area contributed by atoms with Gasteiger partial charge in [0.2, 0.25) is 0 Å². The first-order valence-corrected chi connectivity index (χ1v) is 5.18. The van der Waals surface area contributed by atoms with Crippen LogP contribution >= 0.6 is 34.5 Å². The van der Waals surface area contributed by atoms with Crippen LogP contribution in [0.5, 0.6) is 0 Å². The third-order valence-corrected chi connectivity index (χ3v) is 2.97. The number of halogens is 2. The molecule has 1 heterocycles. The summed E-state index contributed by atoms with van der Waals surface area (Å²) in [6.45, 7) is 0.281. The fourth-order valence-electron chi connectivity index (χ4n) is 0.825. The zero-order valence-corrected chi connectivity index (χ0v) is 9.10. The number of carbonyl (C=O) groups is 2. The minimum Gasteiger partial charge on any atom is -0.466 e. The number of nitrogens with zero attached hydrogens (tertiary/aromatic N) is 1. The second-order valence-electron chi connectivity index (χ2n) is 2.24. The number of hydrogen-bond donors (Lipinski definition) is 0. The van der Waals surface area contributed by atoms with Crippen molar-refractivity contribution in [3.05, 3.63) is 16.1 Å². The molecule has 0 radical (unpaired) electrons. The molecular formula is C7H5Cl2NO3S. The van der Waals surface area contributed by atoms with Gasteiger partial charge >= 0.3 is 0 Å². The maximum Gasteiger partial charge on any atom is 0.293 e. The van der Waals surface area contributed by atoms with E-state index in [-0.39, 0.29) is 12.3 Å². The largest absolute Gasteiger partial charge is 0.466 e. The summed E-state index contributed by atoms with van der Waals surface area (Å²) in [5.41, 5.74) is 1.58. The van der Waals surface area contributed by atoms with Crippen molar-refractivity contribution < 1.29 is 14.3 Å². The molecule has 76 valence electrons. The number of hydrogen-bond acceptors (Lipinski definition) is 5. The van der Waals surface area contributed by atoms with Gasteiger partial charge in [-0.2, -0.15) is 0 Å². The monoisotopic (exact) mass is 253 g/mol. The minimum absolute atomic E-state index is 0.00951. The molecule has 0 fully saturated rings. The van der Waals surface area contributed by atoms with Crippen LogP contribution in [-0.4, -0.2) is 23.3 Å². The fourth-order valence-corrected chi connectivity index (χ4v) is 2.11. The molecule has 0 bridgehead atoms. The Kier molecular flexibility index (Phi) is 4.31. The summed E-state index contributed by atoms with van der Waals surface area (Å²) in [5, 5.41) is -1.26. The van der Waals surface area contributed by atoms with Crippen molar-refractivity contribution in [1.29, 1.82) is 0 Å². The molecular weight excluding hydrogens is 249 g/mol. The number of ether oxygens (including phenoxy) is 1. The molecule has 1 rings (SSSR count). The Morgan fingerprint density at radius 3 is 3.07 bits per heavy atom. The summed E-state index contributed by atoms with van der Waals surface area (Å²) in [6.07, 6.45) is 0. The molecule has 0 N–H and O–H groups in total. The number of thiazole rings is 1. The van der Waals surface area contributed by atoms with Gasteiger partial charge in [-0.15, -0.1) is 22.9 Å². The highest BCUT2D eigenvalue weighted by atomic mass is 35.5. The van der Waals surface area contributed by atoms with Gasteiger partial charge in [0.15, 0.2) is 0 Å². The molecule has 0 saturated carbocycles. The van der Waals surface area contributed by atoms with Crippen LogP contribution in [0.3, 0.4) is 0 Å². The molecule has 0 spiro atoms. The molecule has 0 aromatic carbocycles. The molecule has 0 aliphatic heterocycles. The van der Waals surface area contributed by atoms with Crippen molar-refractivity contribution in [3.63, 3.8) is 0 Å². The first-order chi connectivity index (χ1) is 6.66. The number of carbonyl (C=O) groups excluding carboxylic acids is 2. The molecule has 0 saturated heterocycles. The van der Waals surface area contributed by atoms with Gasteiger partial charge in [0, 0.05) is 0 Å². The van der Waals surface area contributed by atoms with Crippen molar-refractivity contribution >= 4 is 46.3 Å². The summed E-state index contributed by atoms with van der Waals surface area (Å²) in [6, 6.07) is 0. The Hall–Kier alpha value is -0.650. The van der Waals surface area contributed by atoms with Crippen molar-refractivity contribution in [2.75, 3.05) is 6.61 Å². The summed E-state index contributed by atoms with van der Waals surface area (Å²) >= 11 is 12.3. The average Bonchev–Trinajstić information content (AvgIpc) is 2.62. The molecule has 4 nitrogen and oxygen atoms in total. The lowest BCUT2D eigenvalue weighted by atomic mass is 10.3. The molecule has 0 amide bonds. The van der Waals surface area contributed by atoms with Gasteiger partial charge in [-0.05, 0) is 11.6 Å². The van der Waals surface area contributed by atoms with E-state index in [0.717, 1.165) is 0 Å². The molecule has 1 unspecified atom stereocenters. The van der Waals surface area contributed by atoms with Gasteiger partial charge in [-0.1, -0.05) is 0 Å². The Morgan fingerprint density at radius 1 is 1.79 bits per heavy atom. The maximum atomic E-state index is 10.8. The lowest BCUT2D eigenvalue weighted by Crippen LogP contribution is -2.03. The second-order valence-corrected chi connectivity index (χ2v) is 3.99. The molecule has 0 aliphatic rings. The molecule has 1 aromatic heterocycles. The third kappa shape index (κ3) is 2.67. The van der Waals surface area contributed by atoms with Gasteiger partial charge in [-0.25, -0.2) is 4.98 Å². The maximum absolute atomic E-state index is 10.8. The molecule has 0 aliphatic carbocycles. The number of aromatic nitrogens is 1. The molecule has 14 heavy (non-hydrogen) atoms. The van der Waals surface area contributed by atoms with Crippen molar-refractivity contribution in [3.8, 4) is 0 Å². The standard InChI is InChI=1S/C7H5Cl2NO3S/c8-4(1-13-3-11)6-5(7(9)12)10-2-14-6/h2-4H,1H2. The van der Waals surface area contributed by atoms with E-state index in [9.17, 15) is 9.59 Å². The first kappa shape index (κ1) is 11.4. The molecule has 7 heteroatoms. The highest BCUT2D eigenvalue weighted by molar-refractivity contribution is 7.10. The topological polar surface area (TPSA) is 56.3 Å². The lowest BCUT2D eigenvalue weighted by molar-refractivity contribution is -0.128. The van der Waals surface area contributed by atoms with E-state index in [0.29, 0.717) is 11.3 Å². The molecule has 1 aromatic rings. The summed E-state index contributed by atoms with van der Waals surface area (Å²) in [4.78, 5) is 25.0. The highest BCUT2D eigenvalue weighted by Gasteiger charge is 2.19. The van der Waals surface area contributed by atoms with Gasteiger partial charge in [0.1, 0.15) is 17.7 Å². The van der Waals surface area contributed by atoms with E-state index in [1.165, 1.54) is 16.8 Å². The zero-order chi connectivity index (χ0) is 10.6. The highest BCUT2D eigenvalue weighted by Crippen LogP contribution is 2.28. The van der Waals surface area contributed by atoms with Gasteiger partial charge in [0.05, 0.1) is 10.4 Å². The van der Waals surface area contributed by atoms with Crippen molar-refractivity contribution in [1.82, 2.24) is 4.98 Å². The predicted molar refractivity (Wildman–Crippen MR) is 52.9 cm³/mol. The lowest BCUT2D eigenvalue weighted by Gasteiger charge is -2.05. The number of alkyl halides is 1. The van der Waals surface area contributed by atoms with E-state index in [4.69, 9.17) is 23.2 Å². The van der Waals surface area contributed by atoms with Crippen LogP contribution in [-0.2, 0) is 9.53 Å². The summed E-state index contributed by atoms with van der Waals surface area (Å²) < 4.78 is 4.47. The van der Waals surface area contributed by atoms with Crippen molar-refractivity contribution in [2.45, 2.75) is 5.38 Å². The van der Waals surface area contributed by atoms with Crippen molar-refractivity contribution in [2.24, 2.45) is 0 Å². The first-order valence-electron chi connectivity index (χ1n) is 3.49. The Labute approximate surface area is 93.8 Å². The van der Waals surface area contributed by atoms with Crippen LogP contribution in [0.1, 0.15) is 20.7 Å². The molecule has 1 atom stereocenters. The quantitative estimate of drug-likeness (QED) is 0.458. The van der Waals surface area contributed by atoms with Gasteiger partial charge < -0.3 is 4.74 Å². The van der Waals surface area contributed by atoms with E-state index in [2.05, 4.69) is 9.72 Å². The van der Waals surface area contributed by atoms with E-state index < -0.39 is 10.6 Å². The van der Waals surface area contributed by atoms with Gasteiger partial charge in [0.25, 0.3) is 11.7 Å². The van der Waals surface area contributed by atoms with E-state index in [1.54, 1.807) is 0 Å². The van der Waals surface area contributed by atoms with Crippen LogP contribution in [0, 0.1) is 0 Å². The zero-order valence-electron chi connectivity index (χ0n) is 6.78. The Balaban J connectivity index is 2.78. The summed E-state index contributed by atoms with van der Waals surface area (Å²) in [7, 11) is 0. The van der Waals surface area contributed by atoms with Crippen LogP contribution in [0.4, 0.5) is 0 Å². The van der Waals surface area contributed by atoms with E-state index in [1.807, 2.05) is 0 Å². The van der Waals surface area contributed by atoms with Crippen LogP contribution in [0.25, 0.3) is 0 Å². The smallest absolute Gasteiger partial charge is 0.293 e. The average molecular weight is 254 g/mol. The van der Waals surface area contributed by atoms with Gasteiger partial charge in [-0.3, -0.25) is 9.59 Å². The third-order valence-electron chi connectivity index (χ3n) is 1.38. The van der Waals surface area contributed by atoms with Crippen LogP contribution < -0.4 is 0 Å². The van der Waals surface area contributed by atoms with Crippen LogP contribution in [0.15, 0.2) is 5.51 Å². The predicted octanol–water partition coefficient (Wildman–Crippen LogP) is 1.97. The minimum atomic E-state index is -0.669. The van der Waals surface area contributed by atoms with E-state index >= 15 is 0 Å². The Bertz CT molecular complexity index is 341. The SMILES string of the molecule is O=COCC(Cl)c1scnc1C(=O)Cl. The fraction of sp³-hybridized carbons (Fsp3) is 0.286. The van der Waals surface area contributed by atoms with Crippen LogP contribution in [0.2, 0.25) is 0 Å². The number of rotatable bonds is 5. The normalized spacial score (nSPS) is 12.1. The Morgan fingerprint density at radius 2 is 2.50 bits per heavy atom.